The van der Waals surface area contributed by atoms with Crippen LogP contribution in [0, 0.1) is 6.92 Å². The standard InChI is InChI=1S/C15H15.C2H6.ClHO.W/c1-4-5-8-13-11(2)12(3)14-9-6-7-10-15(13)14;2*1-2;/h4-10,12H,2-3H2,1H3;1-2H3;2H;/q-1;;;/b5-4-,13-8+;;;. The number of fused-ring (bicyclic) bond motifs is 1. The Labute approximate surface area is 142 Å². The van der Waals surface area contributed by atoms with Crippen LogP contribution in [0.15, 0.2) is 54.6 Å². The van der Waals surface area contributed by atoms with Gasteiger partial charge in [0, 0.05) is 21.1 Å². The van der Waals surface area contributed by atoms with Crippen molar-refractivity contribution in [2.24, 2.45) is 0 Å². The molecule has 1 nitrogen and oxygen atoms in total. The Morgan fingerprint density at radius 2 is 1.80 bits per heavy atom. The molecule has 0 aromatic heterocycles. The minimum Gasteiger partial charge on any atom is -0.332 e. The smallest absolute Gasteiger partial charge is 0.0579 e. The van der Waals surface area contributed by atoms with E-state index in [0.29, 0.717) is 0 Å². The first-order chi connectivity index (χ1) is 9.25. The second-order valence-corrected chi connectivity index (χ2v) is 3.77. The molecule has 110 valence electrons. The van der Waals surface area contributed by atoms with Crippen molar-refractivity contribution in [1.82, 2.24) is 0 Å². The summed E-state index contributed by atoms with van der Waals surface area (Å²) >= 11 is 3.64. The molecule has 0 fully saturated rings. The predicted molar refractivity (Wildman–Crippen MR) is 85.9 cm³/mol. The molecule has 1 aliphatic rings. The van der Waals surface area contributed by atoms with Crippen LogP contribution >= 0.6 is 11.9 Å². The van der Waals surface area contributed by atoms with Crippen molar-refractivity contribution in [2.45, 2.75) is 26.7 Å². The van der Waals surface area contributed by atoms with Gasteiger partial charge < -0.3 is 6.92 Å². The number of allylic oxidation sites excluding steroid dienone is 5. The van der Waals surface area contributed by atoms with Gasteiger partial charge in [-0.3, -0.25) is 4.66 Å². The van der Waals surface area contributed by atoms with Crippen LogP contribution in [0.25, 0.3) is 5.57 Å². The molecule has 0 heterocycles. The van der Waals surface area contributed by atoms with Crippen LogP contribution in [0.1, 0.15) is 37.8 Å². The summed E-state index contributed by atoms with van der Waals surface area (Å²) in [7, 11) is 0. The van der Waals surface area contributed by atoms with Crippen molar-refractivity contribution in [1.29, 1.82) is 0 Å². The first-order valence-corrected chi connectivity index (χ1v) is 6.71. The zero-order chi connectivity index (χ0) is 14.8. The monoisotopic (exact) mass is 461 g/mol. The molecule has 1 aromatic rings. The van der Waals surface area contributed by atoms with Crippen LogP contribution in [0.3, 0.4) is 0 Å². The summed E-state index contributed by atoms with van der Waals surface area (Å²) in [5.41, 5.74) is 4.91. The molecule has 3 heteroatoms. The minimum atomic E-state index is 0. The van der Waals surface area contributed by atoms with Gasteiger partial charge in [-0.05, 0) is 18.1 Å². The fourth-order valence-electron chi connectivity index (χ4n) is 1.98. The van der Waals surface area contributed by atoms with Crippen molar-refractivity contribution < 1.29 is 25.7 Å². The summed E-state index contributed by atoms with van der Waals surface area (Å²) in [4.78, 5) is 0. The van der Waals surface area contributed by atoms with Gasteiger partial charge in [0.15, 0.2) is 0 Å². The van der Waals surface area contributed by atoms with Crippen molar-refractivity contribution >= 4 is 17.4 Å². The normalized spacial score (nSPS) is 17.6. The van der Waals surface area contributed by atoms with Gasteiger partial charge in [0.05, 0.1) is 11.9 Å². The summed E-state index contributed by atoms with van der Waals surface area (Å²) in [6, 6.07) is 8.40. The summed E-state index contributed by atoms with van der Waals surface area (Å²) < 4.78 is 6.47. The molecule has 1 unspecified atom stereocenters. The van der Waals surface area contributed by atoms with Crippen LogP contribution in [-0.4, -0.2) is 4.66 Å². The number of rotatable bonds is 1. The van der Waals surface area contributed by atoms with Crippen molar-refractivity contribution in [3.8, 4) is 0 Å². The Kier molecular flexibility index (Phi) is 13.2. The van der Waals surface area contributed by atoms with Gasteiger partial charge in [-0.15, -0.1) is 5.92 Å². The van der Waals surface area contributed by atoms with E-state index in [0.717, 1.165) is 5.57 Å². The zero-order valence-electron chi connectivity index (χ0n) is 12.3. The van der Waals surface area contributed by atoms with Crippen molar-refractivity contribution in [2.75, 3.05) is 0 Å². The molecule has 0 saturated carbocycles. The van der Waals surface area contributed by atoms with Crippen LogP contribution < -0.4 is 0 Å². The first-order valence-electron chi connectivity index (χ1n) is 6.37. The van der Waals surface area contributed by atoms with E-state index in [-0.39, 0.29) is 27.0 Å². The van der Waals surface area contributed by atoms with E-state index in [2.05, 4.69) is 61.8 Å². The molecular weight excluding hydrogens is 439 g/mol. The summed E-state index contributed by atoms with van der Waals surface area (Å²) in [5, 5.41) is 0. The maximum Gasteiger partial charge on any atom is 0.0579 e. The topological polar surface area (TPSA) is 20.2 Å². The van der Waals surface area contributed by atoms with Crippen LogP contribution in [0.2, 0.25) is 0 Å². The molecule has 1 atom stereocenters. The maximum absolute atomic E-state index is 6.47. The second-order valence-electron chi connectivity index (χ2n) is 3.77. The van der Waals surface area contributed by atoms with Gasteiger partial charge in [-0.2, -0.15) is 0 Å². The number of hydrogen-bond donors (Lipinski definition) is 1. The Morgan fingerprint density at radius 3 is 2.35 bits per heavy atom. The molecule has 0 spiro atoms. The molecule has 1 aliphatic carbocycles. The Hall–Kier alpha value is -0.622. The van der Waals surface area contributed by atoms with Crippen molar-refractivity contribution in [3.05, 3.63) is 72.7 Å². The molecular formula is C17H22ClOW-. The molecule has 0 aliphatic heterocycles. The average molecular weight is 462 g/mol. The van der Waals surface area contributed by atoms with Crippen LogP contribution in [-0.2, 0) is 21.1 Å². The molecule has 0 saturated heterocycles. The largest absolute Gasteiger partial charge is 0.332 e. The molecule has 0 bridgehead atoms. The Balaban J connectivity index is 0. The molecule has 0 radical (unpaired) electrons. The van der Waals surface area contributed by atoms with Crippen LogP contribution in [0.5, 0.6) is 0 Å². The van der Waals surface area contributed by atoms with E-state index in [1.165, 1.54) is 16.7 Å². The maximum atomic E-state index is 6.47. The first kappa shape index (κ1) is 21.7. The molecule has 0 amide bonds. The second kappa shape index (κ2) is 12.1. The van der Waals surface area contributed by atoms with E-state index in [1.807, 2.05) is 26.8 Å². The average Bonchev–Trinajstić information content (AvgIpc) is 2.74. The van der Waals surface area contributed by atoms with Gasteiger partial charge in [-0.25, -0.2) is 0 Å². The fourth-order valence-corrected chi connectivity index (χ4v) is 1.98. The van der Waals surface area contributed by atoms with Crippen molar-refractivity contribution in [3.63, 3.8) is 0 Å². The van der Waals surface area contributed by atoms with E-state index in [9.17, 15) is 0 Å². The molecule has 1 N–H and O–H groups in total. The summed E-state index contributed by atoms with van der Waals surface area (Å²) in [6.45, 7) is 14.3. The molecule has 2 rings (SSSR count). The predicted octanol–water partition coefficient (Wildman–Crippen LogP) is 5.29. The number of hydrogen-bond acceptors (Lipinski definition) is 1. The van der Waals surface area contributed by atoms with E-state index < -0.39 is 0 Å². The quantitative estimate of drug-likeness (QED) is 0.564. The van der Waals surface area contributed by atoms with Gasteiger partial charge in [-0.1, -0.05) is 74.1 Å². The third-order valence-electron chi connectivity index (χ3n) is 2.85. The van der Waals surface area contributed by atoms with Gasteiger partial charge in [0.1, 0.15) is 0 Å². The van der Waals surface area contributed by atoms with Gasteiger partial charge >= 0.3 is 0 Å². The van der Waals surface area contributed by atoms with Gasteiger partial charge in [0.25, 0.3) is 0 Å². The Bertz CT molecular complexity index is 464. The fraction of sp³-hybridized carbons (Fsp3) is 0.235. The Morgan fingerprint density at radius 1 is 1.25 bits per heavy atom. The van der Waals surface area contributed by atoms with E-state index in [4.69, 9.17) is 4.66 Å². The summed E-state index contributed by atoms with van der Waals surface area (Å²) in [6.07, 6.45) is 6.20. The summed E-state index contributed by atoms with van der Waals surface area (Å²) in [5.74, 6) is 0.206. The number of halogens is 1. The van der Waals surface area contributed by atoms with E-state index >= 15 is 0 Å². The number of benzene rings is 1. The molecule has 1 aromatic carbocycles. The minimum absolute atomic E-state index is 0. The third kappa shape index (κ3) is 5.05. The SMILES string of the molecule is C=C1/C(=C\C=C/C)c2ccccc2C1[CH2-].CC.OCl.[W]. The molecule has 20 heavy (non-hydrogen) atoms. The van der Waals surface area contributed by atoms with Crippen LogP contribution in [0.4, 0.5) is 0 Å². The third-order valence-corrected chi connectivity index (χ3v) is 2.85. The zero-order valence-corrected chi connectivity index (χ0v) is 16.0. The van der Waals surface area contributed by atoms with Gasteiger partial charge in [0.2, 0.25) is 0 Å². The van der Waals surface area contributed by atoms with E-state index in [1.54, 1.807) is 0 Å².